The summed E-state index contributed by atoms with van der Waals surface area (Å²) in [5.74, 6) is -0.740. The zero-order chi connectivity index (χ0) is 14.2. The van der Waals surface area contributed by atoms with Crippen molar-refractivity contribution in [2.75, 3.05) is 18.1 Å². The minimum absolute atomic E-state index is 0.000118. The number of para-hydroxylation sites is 1. The number of carbonyl (C=O) groups is 2. The average molecular weight is 264 g/mol. The van der Waals surface area contributed by atoms with E-state index in [-0.39, 0.29) is 29.4 Å². The maximum Gasteiger partial charge on any atom is 0.314 e. The van der Waals surface area contributed by atoms with Gasteiger partial charge < -0.3 is 11.1 Å². The molecule has 0 aliphatic carbocycles. The molecule has 100 valence electrons. The molecular weight excluding hydrogens is 252 g/mol. The Morgan fingerprint density at radius 3 is 2.68 bits per heavy atom. The van der Waals surface area contributed by atoms with E-state index in [0.29, 0.717) is 0 Å². The SMILES string of the molecule is CN1C(=O)CC(Nc2cccc(N)c2[N+](=O)[O-])C1=O. The third-order valence-electron chi connectivity index (χ3n) is 2.96. The van der Waals surface area contributed by atoms with Crippen LogP contribution >= 0.6 is 0 Å². The van der Waals surface area contributed by atoms with Gasteiger partial charge in [0.2, 0.25) is 5.91 Å². The van der Waals surface area contributed by atoms with Gasteiger partial charge in [0.15, 0.2) is 0 Å². The number of nitro benzene ring substituents is 1. The summed E-state index contributed by atoms with van der Waals surface area (Å²) in [6.45, 7) is 0. The molecule has 1 aromatic rings. The number of nitrogens with zero attached hydrogens (tertiary/aromatic N) is 2. The Morgan fingerprint density at radius 1 is 1.47 bits per heavy atom. The molecule has 1 atom stereocenters. The number of rotatable bonds is 3. The second-order valence-electron chi connectivity index (χ2n) is 4.19. The van der Waals surface area contributed by atoms with E-state index in [9.17, 15) is 19.7 Å². The number of hydrogen-bond donors (Lipinski definition) is 2. The smallest absolute Gasteiger partial charge is 0.314 e. The van der Waals surface area contributed by atoms with Crippen LogP contribution in [0.3, 0.4) is 0 Å². The zero-order valence-electron chi connectivity index (χ0n) is 10.1. The molecule has 0 aromatic heterocycles. The molecule has 8 heteroatoms. The monoisotopic (exact) mass is 264 g/mol. The van der Waals surface area contributed by atoms with Gasteiger partial charge in [-0.1, -0.05) is 6.07 Å². The first-order valence-corrected chi connectivity index (χ1v) is 5.51. The van der Waals surface area contributed by atoms with Crippen LogP contribution in [0.4, 0.5) is 17.1 Å². The van der Waals surface area contributed by atoms with Crippen molar-refractivity contribution in [3.8, 4) is 0 Å². The van der Waals surface area contributed by atoms with E-state index in [1.807, 2.05) is 0 Å². The van der Waals surface area contributed by atoms with Gasteiger partial charge in [-0.15, -0.1) is 0 Å². The summed E-state index contributed by atoms with van der Waals surface area (Å²) in [5, 5.41) is 13.7. The van der Waals surface area contributed by atoms with E-state index in [4.69, 9.17) is 5.73 Å². The lowest BCUT2D eigenvalue weighted by atomic mass is 10.2. The molecule has 1 aromatic carbocycles. The molecule has 2 amide bonds. The minimum Gasteiger partial charge on any atom is -0.393 e. The van der Waals surface area contributed by atoms with Crippen LogP contribution in [0.25, 0.3) is 0 Å². The van der Waals surface area contributed by atoms with E-state index >= 15 is 0 Å². The van der Waals surface area contributed by atoms with E-state index in [1.165, 1.54) is 25.2 Å². The van der Waals surface area contributed by atoms with Crippen molar-refractivity contribution in [2.45, 2.75) is 12.5 Å². The van der Waals surface area contributed by atoms with Gasteiger partial charge in [-0.25, -0.2) is 0 Å². The molecule has 2 rings (SSSR count). The number of nitrogens with one attached hydrogen (secondary N) is 1. The van der Waals surface area contributed by atoms with Crippen molar-refractivity contribution in [1.82, 2.24) is 4.90 Å². The summed E-state index contributed by atoms with van der Waals surface area (Å²) in [7, 11) is 1.38. The highest BCUT2D eigenvalue weighted by molar-refractivity contribution is 6.06. The number of carbonyl (C=O) groups excluding carboxylic acids is 2. The first-order chi connectivity index (χ1) is 8.91. The van der Waals surface area contributed by atoms with Crippen LogP contribution in [0.2, 0.25) is 0 Å². The molecule has 1 saturated heterocycles. The quantitative estimate of drug-likeness (QED) is 0.352. The summed E-state index contributed by atoms with van der Waals surface area (Å²) in [5.41, 5.74) is 5.38. The molecule has 1 unspecified atom stereocenters. The first-order valence-electron chi connectivity index (χ1n) is 5.51. The number of amides is 2. The topological polar surface area (TPSA) is 119 Å². The van der Waals surface area contributed by atoms with Crippen molar-refractivity contribution in [3.05, 3.63) is 28.3 Å². The number of likely N-dealkylation sites (tertiary alicyclic amines) is 1. The fraction of sp³-hybridized carbons (Fsp3) is 0.273. The number of hydrogen-bond acceptors (Lipinski definition) is 6. The van der Waals surface area contributed by atoms with E-state index in [1.54, 1.807) is 0 Å². The Bertz CT molecular complexity index is 572. The molecule has 0 spiro atoms. The van der Waals surface area contributed by atoms with Gasteiger partial charge in [-0.3, -0.25) is 24.6 Å². The number of nitrogens with two attached hydrogens (primary N) is 1. The van der Waals surface area contributed by atoms with Crippen molar-refractivity contribution in [1.29, 1.82) is 0 Å². The molecule has 1 fully saturated rings. The van der Waals surface area contributed by atoms with E-state index < -0.39 is 16.9 Å². The molecular formula is C11H12N4O4. The van der Waals surface area contributed by atoms with Crippen molar-refractivity contribution >= 4 is 28.9 Å². The van der Waals surface area contributed by atoms with Crippen LogP contribution in [0.5, 0.6) is 0 Å². The summed E-state index contributed by atoms with van der Waals surface area (Å²) in [6.07, 6.45) is -0.0265. The second-order valence-corrected chi connectivity index (χ2v) is 4.19. The molecule has 0 saturated carbocycles. The number of anilines is 2. The first kappa shape index (κ1) is 12.8. The lowest BCUT2D eigenvalue weighted by molar-refractivity contribution is -0.383. The predicted molar refractivity (Wildman–Crippen MR) is 67.3 cm³/mol. The highest BCUT2D eigenvalue weighted by Gasteiger charge is 2.37. The van der Waals surface area contributed by atoms with Gasteiger partial charge >= 0.3 is 5.69 Å². The summed E-state index contributed by atoms with van der Waals surface area (Å²) in [6, 6.07) is 3.59. The third kappa shape index (κ3) is 2.19. The number of likely N-dealkylation sites (N-methyl/N-ethyl adjacent to an activating group) is 1. The lowest BCUT2D eigenvalue weighted by Crippen LogP contribution is -2.32. The molecule has 3 N–H and O–H groups in total. The van der Waals surface area contributed by atoms with Crippen LogP contribution in [-0.2, 0) is 9.59 Å². The largest absolute Gasteiger partial charge is 0.393 e. The van der Waals surface area contributed by atoms with Crippen LogP contribution in [-0.4, -0.2) is 34.7 Å². The average Bonchev–Trinajstić information content (AvgIpc) is 2.57. The number of nitrogen functional groups attached to an aromatic ring is 1. The molecule has 8 nitrogen and oxygen atoms in total. The maximum absolute atomic E-state index is 11.7. The predicted octanol–water partition coefficient (Wildman–Crippen LogP) is 0.346. The van der Waals surface area contributed by atoms with E-state index in [2.05, 4.69) is 5.32 Å². The standard InChI is InChI=1S/C11H12N4O4/c1-14-9(16)5-8(11(14)17)13-7-4-2-3-6(12)10(7)15(18)19/h2-4,8,13H,5,12H2,1H3. The molecule has 19 heavy (non-hydrogen) atoms. The summed E-state index contributed by atoms with van der Waals surface area (Å²) >= 11 is 0. The Morgan fingerprint density at radius 2 is 2.16 bits per heavy atom. The van der Waals surface area contributed by atoms with Gasteiger partial charge in [-0.05, 0) is 12.1 Å². The molecule has 1 aliphatic rings. The Balaban J connectivity index is 2.30. The van der Waals surface area contributed by atoms with Crippen molar-refractivity contribution in [3.63, 3.8) is 0 Å². The number of imide groups is 1. The maximum atomic E-state index is 11.7. The number of benzene rings is 1. The Kier molecular flexibility index (Phi) is 3.07. The minimum atomic E-state index is -0.794. The zero-order valence-corrected chi connectivity index (χ0v) is 10.1. The second kappa shape index (κ2) is 4.56. The lowest BCUT2D eigenvalue weighted by Gasteiger charge is -2.13. The van der Waals surface area contributed by atoms with Gasteiger partial charge in [0.1, 0.15) is 17.4 Å². The molecule has 1 aliphatic heterocycles. The van der Waals surface area contributed by atoms with Gasteiger partial charge in [-0.2, -0.15) is 0 Å². The van der Waals surface area contributed by atoms with Crippen LogP contribution in [0, 0.1) is 10.1 Å². The summed E-state index contributed by atoms with van der Waals surface area (Å²) in [4.78, 5) is 34.4. The third-order valence-corrected chi connectivity index (χ3v) is 2.96. The van der Waals surface area contributed by atoms with Crippen molar-refractivity contribution in [2.24, 2.45) is 0 Å². The van der Waals surface area contributed by atoms with Crippen LogP contribution < -0.4 is 11.1 Å². The van der Waals surface area contributed by atoms with Crippen LogP contribution in [0.15, 0.2) is 18.2 Å². The van der Waals surface area contributed by atoms with Crippen LogP contribution in [0.1, 0.15) is 6.42 Å². The normalized spacial score (nSPS) is 18.8. The van der Waals surface area contributed by atoms with Crippen molar-refractivity contribution < 1.29 is 14.5 Å². The molecule has 1 heterocycles. The van der Waals surface area contributed by atoms with Gasteiger partial charge in [0.05, 0.1) is 11.3 Å². The number of nitro groups is 1. The Labute approximate surface area is 108 Å². The fourth-order valence-corrected chi connectivity index (χ4v) is 1.94. The highest BCUT2D eigenvalue weighted by Crippen LogP contribution is 2.32. The molecule has 0 radical (unpaired) electrons. The van der Waals surface area contributed by atoms with Gasteiger partial charge in [0, 0.05) is 7.05 Å². The molecule has 0 bridgehead atoms. The Hall–Kier alpha value is -2.64. The fourth-order valence-electron chi connectivity index (χ4n) is 1.94. The van der Waals surface area contributed by atoms with E-state index in [0.717, 1.165) is 4.90 Å². The highest BCUT2D eigenvalue weighted by atomic mass is 16.6. The van der Waals surface area contributed by atoms with Gasteiger partial charge in [0.25, 0.3) is 5.91 Å². The summed E-state index contributed by atoms with van der Waals surface area (Å²) < 4.78 is 0.